The van der Waals surface area contributed by atoms with Gasteiger partial charge in [0, 0.05) is 11.9 Å². The number of benzene rings is 3. The van der Waals surface area contributed by atoms with Crippen molar-refractivity contribution in [1.82, 2.24) is 0 Å². The van der Waals surface area contributed by atoms with Gasteiger partial charge in [0.25, 0.3) is 5.91 Å². The number of anilines is 2. The average Bonchev–Trinajstić information content (AvgIpc) is 2.74. The number of fused-ring (bicyclic) bond motifs is 1. The number of ether oxygens (including phenoxy) is 1. The van der Waals surface area contributed by atoms with Gasteiger partial charge in [0.15, 0.2) is 0 Å². The van der Waals surface area contributed by atoms with E-state index >= 15 is 0 Å². The van der Waals surface area contributed by atoms with E-state index in [9.17, 15) is 14.9 Å². The van der Waals surface area contributed by atoms with Gasteiger partial charge in [0.05, 0.1) is 18.4 Å². The summed E-state index contributed by atoms with van der Waals surface area (Å²) >= 11 is 0. The SMILES string of the molecule is COC(=O)c1ccccc1NC(=O)/C(C#N)=C\Nc1ccc2ccccc2c1. The molecule has 3 aromatic rings. The van der Waals surface area contributed by atoms with E-state index in [2.05, 4.69) is 10.6 Å². The van der Waals surface area contributed by atoms with E-state index in [1.165, 1.54) is 19.4 Å². The molecule has 0 aliphatic rings. The van der Waals surface area contributed by atoms with Crippen molar-refractivity contribution in [3.8, 4) is 6.07 Å². The lowest BCUT2D eigenvalue weighted by molar-refractivity contribution is -0.112. The van der Waals surface area contributed by atoms with Gasteiger partial charge in [-0.2, -0.15) is 5.26 Å². The third-order valence-corrected chi connectivity index (χ3v) is 4.08. The van der Waals surface area contributed by atoms with Crippen molar-refractivity contribution in [3.63, 3.8) is 0 Å². The fourth-order valence-electron chi connectivity index (χ4n) is 2.65. The standard InChI is InChI=1S/C22H17N3O3/c1-28-22(27)19-8-4-5-9-20(19)25-21(26)17(13-23)14-24-18-11-10-15-6-2-3-7-16(15)12-18/h2-12,14,24H,1H3,(H,25,26)/b17-14-. The second-order valence-corrected chi connectivity index (χ2v) is 5.87. The van der Waals surface area contributed by atoms with Crippen LogP contribution in [0.15, 0.2) is 78.5 Å². The second kappa shape index (κ2) is 8.52. The predicted molar refractivity (Wildman–Crippen MR) is 108 cm³/mol. The molecule has 3 aromatic carbocycles. The first-order valence-electron chi connectivity index (χ1n) is 8.46. The first-order valence-corrected chi connectivity index (χ1v) is 8.46. The third kappa shape index (κ3) is 4.17. The number of amides is 1. The van der Waals surface area contributed by atoms with Crippen LogP contribution >= 0.6 is 0 Å². The second-order valence-electron chi connectivity index (χ2n) is 5.87. The van der Waals surface area contributed by atoms with Crippen LogP contribution in [-0.4, -0.2) is 19.0 Å². The lowest BCUT2D eigenvalue weighted by Gasteiger charge is -2.09. The molecule has 0 bridgehead atoms. The first-order chi connectivity index (χ1) is 13.6. The van der Waals surface area contributed by atoms with Crippen LogP contribution in [0, 0.1) is 11.3 Å². The summed E-state index contributed by atoms with van der Waals surface area (Å²) in [6, 6.07) is 21.9. The summed E-state index contributed by atoms with van der Waals surface area (Å²) in [5.74, 6) is -1.21. The lowest BCUT2D eigenvalue weighted by Crippen LogP contribution is -2.17. The van der Waals surface area contributed by atoms with Crippen molar-refractivity contribution >= 4 is 34.0 Å². The largest absolute Gasteiger partial charge is 0.465 e. The number of esters is 1. The van der Waals surface area contributed by atoms with Crippen molar-refractivity contribution in [3.05, 3.63) is 84.1 Å². The number of carbonyl (C=O) groups is 2. The van der Waals surface area contributed by atoms with Crippen LogP contribution < -0.4 is 10.6 Å². The Balaban J connectivity index is 1.78. The van der Waals surface area contributed by atoms with E-state index in [0.29, 0.717) is 0 Å². The Hall–Kier alpha value is -4.11. The van der Waals surface area contributed by atoms with Gasteiger partial charge in [-0.3, -0.25) is 4.79 Å². The monoisotopic (exact) mass is 371 g/mol. The summed E-state index contributed by atoms with van der Waals surface area (Å²) in [7, 11) is 1.26. The quantitative estimate of drug-likeness (QED) is 0.400. The van der Waals surface area contributed by atoms with E-state index in [0.717, 1.165) is 16.5 Å². The molecule has 6 heteroatoms. The van der Waals surface area contributed by atoms with Crippen molar-refractivity contribution < 1.29 is 14.3 Å². The molecule has 0 aromatic heterocycles. The lowest BCUT2D eigenvalue weighted by atomic mass is 10.1. The van der Waals surface area contributed by atoms with Crippen LogP contribution in [0.3, 0.4) is 0 Å². The van der Waals surface area contributed by atoms with Crippen LogP contribution in [0.25, 0.3) is 10.8 Å². The summed E-state index contributed by atoms with van der Waals surface area (Å²) < 4.78 is 4.70. The minimum absolute atomic E-state index is 0.132. The maximum Gasteiger partial charge on any atom is 0.339 e. The van der Waals surface area contributed by atoms with Crippen LogP contribution in [0.1, 0.15) is 10.4 Å². The average molecular weight is 371 g/mol. The summed E-state index contributed by atoms with van der Waals surface area (Å²) in [5.41, 5.74) is 1.09. The number of methoxy groups -OCH3 is 1. The molecule has 0 unspecified atom stereocenters. The highest BCUT2D eigenvalue weighted by Crippen LogP contribution is 2.20. The molecule has 0 radical (unpaired) electrons. The maximum absolute atomic E-state index is 12.4. The summed E-state index contributed by atoms with van der Waals surface area (Å²) in [4.78, 5) is 24.3. The van der Waals surface area contributed by atoms with E-state index < -0.39 is 11.9 Å². The van der Waals surface area contributed by atoms with Gasteiger partial charge < -0.3 is 15.4 Å². The van der Waals surface area contributed by atoms with Crippen molar-refractivity contribution in [2.24, 2.45) is 0 Å². The molecule has 0 spiro atoms. The highest BCUT2D eigenvalue weighted by Gasteiger charge is 2.15. The topological polar surface area (TPSA) is 91.2 Å². The van der Waals surface area contributed by atoms with Crippen LogP contribution in [0.5, 0.6) is 0 Å². The molecule has 0 aliphatic carbocycles. The summed E-state index contributed by atoms with van der Waals surface area (Å²) in [6.45, 7) is 0. The molecule has 28 heavy (non-hydrogen) atoms. The van der Waals surface area contributed by atoms with Gasteiger partial charge in [0.1, 0.15) is 11.6 Å². The number of hydrogen-bond donors (Lipinski definition) is 2. The highest BCUT2D eigenvalue weighted by molar-refractivity contribution is 6.09. The zero-order valence-corrected chi connectivity index (χ0v) is 15.1. The molecule has 6 nitrogen and oxygen atoms in total. The number of nitrogens with one attached hydrogen (secondary N) is 2. The number of hydrogen-bond acceptors (Lipinski definition) is 5. The number of rotatable bonds is 5. The maximum atomic E-state index is 12.4. The Bertz CT molecular complexity index is 1110. The minimum atomic E-state index is -0.632. The normalized spacial score (nSPS) is 10.8. The number of para-hydroxylation sites is 1. The van der Waals surface area contributed by atoms with Crippen LogP contribution in [0.4, 0.5) is 11.4 Å². The molecule has 138 valence electrons. The Morgan fingerprint density at radius 1 is 1.00 bits per heavy atom. The van der Waals surface area contributed by atoms with Gasteiger partial charge >= 0.3 is 5.97 Å². The molecule has 0 saturated carbocycles. The van der Waals surface area contributed by atoms with E-state index in [4.69, 9.17) is 4.74 Å². The fourth-order valence-corrected chi connectivity index (χ4v) is 2.65. The van der Waals surface area contributed by atoms with Gasteiger partial charge in [-0.15, -0.1) is 0 Å². The van der Waals surface area contributed by atoms with E-state index in [-0.39, 0.29) is 16.8 Å². The number of nitriles is 1. The van der Waals surface area contributed by atoms with Crippen LogP contribution in [0.2, 0.25) is 0 Å². The molecular weight excluding hydrogens is 354 g/mol. The molecule has 0 fully saturated rings. The molecule has 0 heterocycles. The molecule has 0 saturated heterocycles. The molecule has 1 amide bonds. The molecule has 2 N–H and O–H groups in total. The summed E-state index contributed by atoms with van der Waals surface area (Å²) in [6.07, 6.45) is 1.33. The van der Waals surface area contributed by atoms with E-state index in [1.807, 2.05) is 48.5 Å². The fraction of sp³-hybridized carbons (Fsp3) is 0.0455. The zero-order valence-electron chi connectivity index (χ0n) is 15.1. The third-order valence-electron chi connectivity index (χ3n) is 4.08. The molecule has 3 rings (SSSR count). The summed E-state index contributed by atoms with van der Waals surface area (Å²) in [5, 5.41) is 17.0. The Labute approximate surface area is 162 Å². The molecular formula is C22H17N3O3. The van der Waals surface area contributed by atoms with Gasteiger partial charge in [0.2, 0.25) is 0 Å². The zero-order chi connectivity index (χ0) is 19.9. The Morgan fingerprint density at radius 3 is 2.46 bits per heavy atom. The van der Waals surface area contributed by atoms with Crippen molar-refractivity contribution in [2.75, 3.05) is 17.7 Å². The number of nitrogens with zero attached hydrogens (tertiary/aromatic N) is 1. The molecule has 0 atom stereocenters. The smallest absolute Gasteiger partial charge is 0.339 e. The van der Waals surface area contributed by atoms with Crippen molar-refractivity contribution in [2.45, 2.75) is 0 Å². The predicted octanol–water partition coefficient (Wildman–Crippen LogP) is 4.08. The Kier molecular flexibility index (Phi) is 5.68. The van der Waals surface area contributed by atoms with Gasteiger partial charge in [-0.1, -0.05) is 42.5 Å². The minimum Gasteiger partial charge on any atom is -0.465 e. The van der Waals surface area contributed by atoms with Gasteiger partial charge in [-0.25, -0.2) is 4.79 Å². The first kappa shape index (κ1) is 18.7. The number of carbonyl (C=O) groups excluding carboxylic acids is 2. The van der Waals surface area contributed by atoms with Crippen molar-refractivity contribution in [1.29, 1.82) is 5.26 Å². The highest BCUT2D eigenvalue weighted by atomic mass is 16.5. The molecule has 0 aliphatic heterocycles. The van der Waals surface area contributed by atoms with Gasteiger partial charge in [-0.05, 0) is 35.0 Å². The Morgan fingerprint density at radius 2 is 1.71 bits per heavy atom. The van der Waals surface area contributed by atoms with E-state index in [1.54, 1.807) is 18.2 Å². The van der Waals surface area contributed by atoms with Crippen LogP contribution in [-0.2, 0) is 9.53 Å².